The molecular formula is C29H37N3O4. The molecule has 0 bridgehead atoms. The van der Waals surface area contributed by atoms with Gasteiger partial charge in [0.05, 0.1) is 7.11 Å². The number of rotatable bonds is 11. The molecule has 0 fully saturated rings. The monoisotopic (exact) mass is 491 g/mol. The van der Waals surface area contributed by atoms with E-state index < -0.39 is 0 Å². The third-order valence-corrected chi connectivity index (χ3v) is 6.42. The van der Waals surface area contributed by atoms with Crippen LogP contribution in [0.4, 0.5) is 0 Å². The predicted molar refractivity (Wildman–Crippen MR) is 142 cm³/mol. The molecule has 0 aliphatic rings. The largest absolute Gasteiger partial charge is 0.497 e. The van der Waals surface area contributed by atoms with E-state index in [1.54, 1.807) is 21.5 Å². The van der Waals surface area contributed by atoms with Crippen molar-refractivity contribution in [1.29, 1.82) is 0 Å². The number of aromatic nitrogens is 1. The standard InChI is InChI=1S/C29H37N3O4/c1-7-30(8-2)28(33)25-21(5)27(36-20-22-14-12-11-13-15-22)26(29(34)31(9-3)10-4)32(25)23-16-18-24(35-6)19-17-23/h11-19H,7-10,20H2,1-6H3. The lowest BCUT2D eigenvalue weighted by Crippen LogP contribution is -2.34. The summed E-state index contributed by atoms with van der Waals surface area (Å²) in [6.07, 6.45) is 0. The fourth-order valence-corrected chi connectivity index (χ4v) is 4.33. The Bertz CT molecular complexity index is 1160. The molecule has 36 heavy (non-hydrogen) atoms. The van der Waals surface area contributed by atoms with E-state index in [9.17, 15) is 9.59 Å². The van der Waals surface area contributed by atoms with Gasteiger partial charge < -0.3 is 19.3 Å². The molecule has 2 aromatic carbocycles. The minimum absolute atomic E-state index is 0.142. The van der Waals surface area contributed by atoms with Crippen molar-refractivity contribution >= 4 is 11.8 Å². The van der Waals surface area contributed by atoms with Gasteiger partial charge in [0.1, 0.15) is 18.1 Å². The van der Waals surface area contributed by atoms with Crippen LogP contribution in [0.25, 0.3) is 5.69 Å². The number of ether oxygens (including phenoxy) is 2. The summed E-state index contributed by atoms with van der Waals surface area (Å²) in [7, 11) is 1.61. The van der Waals surface area contributed by atoms with Crippen molar-refractivity contribution in [3.05, 3.63) is 77.1 Å². The highest BCUT2D eigenvalue weighted by atomic mass is 16.5. The first-order chi connectivity index (χ1) is 17.4. The summed E-state index contributed by atoms with van der Waals surface area (Å²) in [6.45, 7) is 12.1. The minimum Gasteiger partial charge on any atom is -0.497 e. The second-order valence-electron chi connectivity index (χ2n) is 8.41. The molecule has 7 heteroatoms. The quantitative estimate of drug-likeness (QED) is 0.363. The van der Waals surface area contributed by atoms with Crippen molar-refractivity contribution in [1.82, 2.24) is 14.4 Å². The normalized spacial score (nSPS) is 10.7. The Kier molecular flexibility index (Phi) is 9.17. The molecule has 0 aliphatic carbocycles. The summed E-state index contributed by atoms with van der Waals surface area (Å²) in [5.41, 5.74) is 3.11. The summed E-state index contributed by atoms with van der Waals surface area (Å²) >= 11 is 0. The average molecular weight is 492 g/mol. The molecule has 7 nitrogen and oxygen atoms in total. The molecule has 192 valence electrons. The number of benzene rings is 2. The van der Waals surface area contributed by atoms with Gasteiger partial charge in [-0.15, -0.1) is 0 Å². The maximum Gasteiger partial charge on any atom is 0.274 e. The molecule has 3 aromatic rings. The molecule has 0 saturated heterocycles. The first kappa shape index (κ1) is 26.9. The second-order valence-corrected chi connectivity index (χ2v) is 8.41. The lowest BCUT2D eigenvalue weighted by Gasteiger charge is -2.23. The van der Waals surface area contributed by atoms with E-state index in [4.69, 9.17) is 9.47 Å². The first-order valence-corrected chi connectivity index (χ1v) is 12.6. The molecule has 1 heterocycles. The fraction of sp³-hybridized carbons (Fsp3) is 0.379. The summed E-state index contributed by atoms with van der Waals surface area (Å²) in [5.74, 6) is 0.801. The van der Waals surface area contributed by atoms with Crippen LogP contribution >= 0.6 is 0 Å². The van der Waals surface area contributed by atoms with Gasteiger partial charge in [0.25, 0.3) is 11.8 Å². The lowest BCUT2D eigenvalue weighted by atomic mass is 10.2. The van der Waals surface area contributed by atoms with Crippen LogP contribution in [-0.2, 0) is 6.61 Å². The van der Waals surface area contributed by atoms with Crippen molar-refractivity contribution in [2.45, 2.75) is 41.2 Å². The zero-order valence-electron chi connectivity index (χ0n) is 22.2. The Morgan fingerprint density at radius 2 is 1.31 bits per heavy atom. The molecule has 0 spiro atoms. The van der Waals surface area contributed by atoms with E-state index >= 15 is 0 Å². The number of hydrogen-bond acceptors (Lipinski definition) is 4. The highest BCUT2D eigenvalue weighted by Gasteiger charge is 2.33. The van der Waals surface area contributed by atoms with Crippen LogP contribution in [0.15, 0.2) is 54.6 Å². The maximum atomic E-state index is 13.9. The Balaban J connectivity index is 2.30. The van der Waals surface area contributed by atoms with Gasteiger partial charge in [0.2, 0.25) is 0 Å². The molecule has 0 saturated carbocycles. The predicted octanol–water partition coefficient (Wildman–Crippen LogP) is 5.34. The van der Waals surface area contributed by atoms with E-state index in [1.807, 2.05) is 89.2 Å². The van der Waals surface area contributed by atoms with Crippen LogP contribution < -0.4 is 9.47 Å². The highest BCUT2D eigenvalue weighted by molar-refractivity contribution is 6.03. The van der Waals surface area contributed by atoms with E-state index in [1.165, 1.54) is 0 Å². The van der Waals surface area contributed by atoms with Crippen LogP contribution in [0.5, 0.6) is 11.5 Å². The van der Waals surface area contributed by atoms with E-state index in [0.29, 0.717) is 60.3 Å². The molecule has 3 rings (SSSR count). The highest BCUT2D eigenvalue weighted by Crippen LogP contribution is 2.36. The SMILES string of the molecule is CCN(CC)C(=O)c1c(C)c(OCc2ccccc2)c(C(=O)N(CC)CC)n1-c1ccc(OC)cc1. The summed E-state index contributed by atoms with van der Waals surface area (Å²) in [4.78, 5) is 31.3. The number of carbonyl (C=O) groups excluding carboxylic acids is 2. The van der Waals surface area contributed by atoms with Crippen molar-refractivity contribution in [2.75, 3.05) is 33.3 Å². The molecule has 0 radical (unpaired) electrons. The van der Waals surface area contributed by atoms with Gasteiger partial charge in [-0.3, -0.25) is 14.2 Å². The van der Waals surface area contributed by atoms with Crippen LogP contribution in [0, 0.1) is 6.92 Å². The Labute approximate surface area is 214 Å². The Hall–Kier alpha value is -3.74. The summed E-state index contributed by atoms with van der Waals surface area (Å²) in [5, 5.41) is 0. The summed E-state index contributed by atoms with van der Waals surface area (Å²) in [6, 6.07) is 17.2. The van der Waals surface area contributed by atoms with Crippen LogP contribution in [-0.4, -0.2) is 59.5 Å². The van der Waals surface area contributed by atoms with Gasteiger partial charge in [-0.2, -0.15) is 0 Å². The Morgan fingerprint density at radius 3 is 1.81 bits per heavy atom. The van der Waals surface area contributed by atoms with Crippen LogP contribution in [0.3, 0.4) is 0 Å². The average Bonchev–Trinajstić information content (AvgIpc) is 3.21. The number of carbonyl (C=O) groups is 2. The van der Waals surface area contributed by atoms with E-state index in [0.717, 1.165) is 5.56 Å². The minimum atomic E-state index is -0.180. The smallest absolute Gasteiger partial charge is 0.274 e. The molecule has 0 N–H and O–H groups in total. The molecule has 0 unspecified atom stereocenters. The number of hydrogen-bond donors (Lipinski definition) is 0. The van der Waals surface area contributed by atoms with Gasteiger partial charge in [0.15, 0.2) is 11.4 Å². The fourth-order valence-electron chi connectivity index (χ4n) is 4.33. The molecule has 2 amide bonds. The van der Waals surface area contributed by atoms with Gasteiger partial charge in [0, 0.05) is 37.4 Å². The van der Waals surface area contributed by atoms with Crippen molar-refractivity contribution < 1.29 is 19.1 Å². The Morgan fingerprint density at radius 1 is 0.778 bits per heavy atom. The van der Waals surface area contributed by atoms with Crippen molar-refractivity contribution in [3.63, 3.8) is 0 Å². The zero-order chi connectivity index (χ0) is 26.2. The van der Waals surface area contributed by atoms with Crippen molar-refractivity contribution in [2.24, 2.45) is 0 Å². The van der Waals surface area contributed by atoms with Crippen molar-refractivity contribution in [3.8, 4) is 17.2 Å². The topological polar surface area (TPSA) is 64.0 Å². The lowest BCUT2D eigenvalue weighted by molar-refractivity contribution is 0.0756. The zero-order valence-corrected chi connectivity index (χ0v) is 22.2. The number of nitrogens with zero attached hydrogens (tertiary/aromatic N) is 3. The van der Waals surface area contributed by atoms with Gasteiger partial charge in [-0.05, 0) is 64.4 Å². The number of methoxy groups -OCH3 is 1. The van der Waals surface area contributed by atoms with Crippen LogP contribution in [0.2, 0.25) is 0 Å². The van der Waals surface area contributed by atoms with Gasteiger partial charge in [-0.25, -0.2) is 0 Å². The molecule has 1 aromatic heterocycles. The third-order valence-electron chi connectivity index (χ3n) is 6.42. The van der Waals surface area contributed by atoms with Crippen LogP contribution in [0.1, 0.15) is 59.8 Å². The molecule has 0 aliphatic heterocycles. The molecular weight excluding hydrogens is 454 g/mol. The van der Waals surface area contributed by atoms with E-state index in [-0.39, 0.29) is 18.4 Å². The maximum absolute atomic E-state index is 13.9. The van der Waals surface area contributed by atoms with E-state index in [2.05, 4.69) is 0 Å². The molecule has 0 atom stereocenters. The number of amides is 2. The third kappa shape index (κ3) is 5.40. The van der Waals surface area contributed by atoms with Gasteiger partial charge >= 0.3 is 0 Å². The summed E-state index contributed by atoms with van der Waals surface area (Å²) < 4.78 is 13.4. The van der Waals surface area contributed by atoms with Gasteiger partial charge in [-0.1, -0.05) is 30.3 Å². The second kappa shape index (κ2) is 12.3. The first-order valence-electron chi connectivity index (χ1n) is 12.6.